The Kier molecular flexibility index (Phi) is 5.49. The van der Waals surface area contributed by atoms with Crippen molar-refractivity contribution in [2.75, 3.05) is 0 Å². The highest BCUT2D eigenvalue weighted by molar-refractivity contribution is 9.10. The molecule has 0 fully saturated rings. The number of hydrogen-bond acceptors (Lipinski definition) is 2. The molecule has 0 radical (unpaired) electrons. The third-order valence-corrected chi connectivity index (χ3v) is 3.55. The molecule has 0 aromatic heterocycles. The molecule has 0 bridgehead atoms. The van der Waals surface area contributed by atoms with Crippen molar-refractivity contribution in [3.05, 3.63) is 68.6 Å². The number of carbonyl (C=O) groups excluding carboxylic acids is 1. The molecule has 102 valence electrons. The molecule has 1 amide bonds. The maximum atomic E-state index is 11.7. The van der Waals surface area contributed by atoms with Gasteiger partial charge in [-0.05, 0) is 35.4 Å². The summed E-state index contributed by atoms with van der Waals surface area (Å²) in [6.07, 6.45) is 1.92. The summed E-state index contributed by atoms with van der Waals surface area (Å²) in [6.45, 7) is 0. The Hall–Kier alpha value is -1.46. The molecule has 1 N–H and O–H groups in total. The number of halogens is 2. The van der Waals surface area contributed by atoms with E-state index >= 15 is 0 Å². The van der Waals surface area contributed by atoms with Gasteiger partial charge in [-0.2, -0.15) is 5.10 Å². The van der Waals surface area contributed by atoms with Gasteiger partial charge in [0.25, 0.3) is 0 Å². The maximum absolute atomic E-state index is 11.7. The van der Waals surface area contributed by atoms with Gasteiger partial charge in [0.1, 0.15) is 0 Å². The lowest BCUT2D eigenvalue weighted by Crippen LogP contribution is -2.19. The first-order chi connectivity index (χ1) is 9.63. The molecule has 3 nitrogen and oxygen atoms in total. The number of nitrogens with one attached hydrogen (secondary N) is 1. The van der Waals surface area contributed by atoms with Gasteiger partial charge in [-0.25, -0.2) is 5.43 Å². The van der Waals surface area contributed by atoms with Crippen molar-refractivity contribution in [1.29, 1.82) is 0 Å². The molecule has 2 aromatic carbocycles. The van der Waals surface area contributed by atoms with E-state index in [9.17, 15) is 4.79 Å². The van der Waals surface area contributed by atoms with Crippen LogP contribution in [0.15, 0.2) is 62.6 Å². The molecule has 0 aliphatic heterocycles. The largest absolute Gasteiger partial charge is 0.273 e. The summed E-state index contributed by atoms with van der Waals surface area (Å²) in [7, 11) is 0. The van der Waals surface area contributed by atoms with Gasteiger partial charge in [0.05, 0.1) is 12.6 Å². The standard InChI is InChI=1S/C15H12Br2N2O/c16-13-6-4-11(5-7-13)9-15(20)19-18-10-12-2-1-3-14(17)8-12/h1-8,10H,9H2,(H,19,20)/b18-10-. The van der Waals surface area contributed by atoms with Crippen molar-refractivity contribution < 1.29 is 4.79 Å². The molecular weight excluding hydrogens is 384 g/mol. The van der Waals surface area contributed by atoms with Gasteiger partial charge in [0.15, 0.2) is 0 Å². The minimum Gasteiger partial charge on any atom is -0.273 e. The van der Waals surface area contributed by atoms with Gasteiger partial charge in [0, 0.05) is 8.95 Å². The molecule has 0 spiro atoms. The summed E-state index contributed by atoms with van der Waals surface area (Å²) < 4.78 is 1.97. The number of rotatable bonds is 4. The number of amides is 1. The monoisotopic (exact) mass is 394 g/mol. The number of carbonyl (C=O) groups is 1. The zero-order chi connectivity index (χ0) is 14.4. The van der Waals surface area contributed by atoms with Crippen LogP contribution in [0.3, 0.4) is 0 Å². The van der Waals surface area contributed by atoms with Crippen LogP contribution in [-0.4, -0.2) is 12.1 Å². The van der Waals surface area contributed by atoms with E-state index in [-0.39, 0.29) is 5.91 Å². The molecule has 0 saturated carbocycles. The minimum atomic E-state index is -0.140. The first-order valence-electron chi connectivity index (χ1n) is 5.95. The second-order valence-corrected chi connectivity index (χ2v) is 5.98. The Morgan fingerprint density at radius 2 is 1.85 bits per heavy atom. The summed E-state index contributed by atoms with van der Waals surface area (Å²) in [6, 6.07) is 15.3. The van der Waals surface area contributed by atoms with Crippen LogP contribution in [0.4, 0.5) is 0 Å². The molecule has 5 heteroatoms. The minimum absolute atomic E-state index is 0.140. The first-order valence-corrected chi connectivity index (χ1v) is 7.54. The van der Waals surface area contributed by atoms with E-state index in [1.165, 1.54) is 0 Å². The SMILES string of the molecule is O=C(Cc1ccc(Br)cc1)N/N=C\c1cccc(Br)c1. The molecule has 0 unspecified atom stereocenters. The highest BCUT2D eigenvalue weighted by Crippen LogP contribution is 2.11. The van der Waals surface area contributed by atoms with Crippen molar-refractivity contribution >= 4 is 44.0 Å². The van der Waals surface area contributed by atoms with Crippen LogP contribution in [0.25, 0.3) is 0 Å². The number of benzene rings is 2. The van der Waals surface area contributed by atoms with Crippen molar-refractivity contribution in [3.63, 3.8) is 0 Å². The van der Waals surface area contributed by atoms with Crippen LogP contribution in [0.1, 0.15) is 11.1 Å². The lowest BCUT2D eigenvalue weighted by Gasteiger charge is -2.00. The van der Waals surface area contributed by atoms with E-state index in [1.807, 2.05) is 48.5 Å². The fraction of sp³-hybridized carbons (Fsp3) is 0.0667. The van der Waals surface area contributed by atoms with Gasteiger partial charge < -0.3 is 0 Å². The molecule has 2 aromatic rings. The molecule has 0 saturated heterocycles. The molecule has 20 heavy (non-hydrogen) atoms. The second kappa shape index (κ2) is 7.36. The van der Waals surface area contributed by atoms with Crippen LogP contribution >= 0.6 is 31.9 Å². The van der Waals surface area contributed by atoms with Crippen LogP contribution in [0.2, 0.25) is 0 Å². The van der Waals surface area contributed by atoms with Crippen LogP contribution in [-0.2, 0) is 11.2 Å². The molecule has 2 rings (SSSR count). The number of hydrazone groups is 1. The third kappa shape index (κ3) is 4.90. The van der Waals surface area contributed by atoms with E-state index in [0.29, 0.717) is 6.42 Å². The average molecular weight is 396 g/mol. The van der Waals surface area contributed by atoms with Crippen molar-refractivity contribution in [2.24, 2.45) is 5.10 Å². The van der Waals surface area contributed by atoms with Gasteiger partial charge in [-0.15, -0.1) is 0 Å². The van der Waals surface area contributed by atoms with Crippen LogP contribution in [0, 0.1) is 0 Å². The number of nitrogens with zero attached hydrogens (tertiary/aromatic N) is 1. The van der Waals surface area contributed by atoms with Crippen LogP contribution in [0.5, 0.6) is 0 Å². The molecule has 0 heterocycles. The van der Waals surface area contributed by atoms with E-state index in [2.05, 4.69) is 42.4 Å². The topological polar surface area (TPSA) is 41.5 Å². The normalized spacial score (nSPS) is 10.7. The highest BCUT2D eigenvalue weighted by Gasteiger charge is 2.01. The predicted octanol–water partition coefficient (Wildman–Crippen LogP) is 3.90. The predicted molar refractivity (Wildman–Crippen MR) is 87.7 cm³/mol. The Morgan fingerprint density at radius 1 is 1.10 bits per heavy atom. The summed E-state index contributed by atoms with van der Waals surface area (Å²) in [4.78, 5) is 11.7. The highest BCUT2D eigenvalue weighted by atomic mass is 79.9. The molecule has 0 atom stereocenters. The fourth-order valence-corrected chi connectivity index (χ4v) is 2.27. The summed E-state index contributed by atoms with van der Waals surface area (Å²) >= 11 is 6.74. The second-order valence-electron chi connectivity index (χ2n) is 4.15. The first kappa shape index (κ1) is 14.9. The summed E-state index contributed by atoms with van der Waals surface area (Å²) in [5.41, 5.74) is 4.38. The summed E-state index contributed by atoms with van der Waals surface area (Å²) in [5.74, 6) is -0.140. The average Bonchev–Trinajstić information content (AvgIpc) is 2.41. The van der Waals surface area contributed by atoms with E-state index in [0.717, 1.165) is 20.1 Å². The smallest absolute Gasteiger partial charge is 0.244 e. The van der Waals surface area contributed by atoms with Crippen LogP contribution < -0.4 is 5.43 Å². The Morgan fingerprint density at radius 3 is 2.55 bits per heavy atom. The van der Waals surface area contributed by atoms with Gasteiger partial charge >= 0.3 is 0 Å². The fourth-order valence-electron chi connectivity index (χ4n) is 1.59. The summed E-state index contributed by atoms with van der Waals surface area (Å²) in [5, 5.41) is 3.94. The lowest BCUT2D eigenvalue weighted by molar-refractivity contribution is -0.120. The van der Waals surface area contributed by atoms with Crippen molar-refractivity contribution in [2.45, 2.75) is 6.42 Å². The van der Waals surface area contributed by atoms with Gasteiger partial charge in [-0.3, -0.25) is 4.79 Å². The zero-order valence-electron chi connectivity index (χ0n) is 10.5. The molecule has 0 aliphatic carbocycles. The lowest BCUT2D eigenvalue weighted by atomic mass is 10.1. The molecular formula is C15H12Br2N2O. The van der Waals surface area contributed by atoms with E-state index in [1.54, 1.807) is 6.21 Å². The van der Waals surface area contributed by atoms with E-state index in [4.69, 9.17) is 0 Å². The zero-order valence-corrected chi connectivity index (χ0v) is 13.7. The van der Waals surface area contributed by atoms with E-state index < -0.39 is 0 Å². The van der Waals surface area contributed by atoms with Gasteiger partial charge in [0.2, 0.25) is 5.91 Å². The quantitative estimate of drug-likeness (QED) is 0.618. The Balaban J connectivity index is 1.87. The van der Waals surface area contributed by atoms with Crippen molar-refractivity contribution in [1.82, 2.24) is 5.43 Å². The maximum Gasteiger partial charge on any atom is 0.244 e. The van der Waals surface area contributed by atoms with Gasteiger partial charge in [-0.1, -0.05) is 56.1 Å². The molecule has 0 aliphatic rings. The Labute approximate surface area is 134 Å². The number of hydrogen-bond donors (Lipinski definition) is 1. The van der Waals surface area contributed by atoms with Crippen molar-refractivity contribution in [3.8, 4) is 0 Å². The third-order valence-electron chi connectivity index (χ3n) is 2.53. The Bertz CT molecular complexity index is 624.